The molecule has 0 spiro atoms. The zero-order chi connectivity index (χ0) is 11.3. The van der Waals surface area contributed by atoms with E-state index >= 15 is 0 Å². The van der Waals surface area contributed by atoms with E-state index in [9.17, 15) is 9.59 Å². The first-order chi connectivity index (χ1) is 7.13. The SMILES string of the molecule is NCCNC(=O)OC1CN[C@H](C(=O)O)C1. The van der Waals surface area contributed by atoms with Crippen LogP contribution in [0.3, 0.4) is 0 Å². The first kappa shape index (κ1) is 11.7. The van der Waals surface area contributed by atoms with Crippen molar-refractivity contribution in [3.8, 4) is 0 Å². The van der Waals surface area contributed by atoms with E-state index in [0.29, 0.717) is 26.1 Å². The van der Waals surface area contributed by atoms with Crippen LogP contribution < -0.4 is 16.4 Å². The summed E-state index contributed by atoms with van der Waals surface area (Å²) in [6.07, 6.45) is -0.645. The van der Waals surface area contributed by atoms with Crippen molar-refractivity contribution in [1.29, 1.82) is 0 Å². The highest BCUT2D eigenvalue weighted by Gasteiger charge is 2.31. The lowest BCUT2D eigenvalue weighted by Crippen LogP contribution is -2.33. The van der Waals surface area contributed by atoms with Gasteiger partial charge in [-0.15, -0.1) is 0 Å². The molecule has 5 N–H and O–H groups in total. The van der Waals surface area contributed by atoms with Crippen molar-refractivity contribution in [2.45, 2.75) is 18.6 Å². The minimum atomic E-state index is -0.927. The number of carboxylic acid groups (broad SMARTS) is 1. The van der Waals surface area contributed by atoms with Crippen LogP contribution >= 0.6 is 0 Å². The number of amides is 1. The van der Waals surface area contributed by atoms with Gasteiger partial charge in [-0.25, -0.2) is 4.79 Å². The van der Waals surface area contributed by atoms with Gasteiger partial charge in [0.25, 0.3) is 0 Å². The Morgan fingerprint density at radius 1 is 1.60 bits per heavy atom. The Balaban J connectivity index is 2.23. The molecule has 1 amide bonds. The number of aliphatic carboxylic acids is 1. The molecule has 0 aromatic rings. The van der Waals surface area contributed by atoms with Crippen molar-refractivity contribution in [3.05, 3.63) is 0 Å². The van der Waals surface area contributed by atoms with E-state index in [1.807, 2.05) is 0 Å². The molecule has 1 fully saturated rings. The highest BCUT2D eigenvalue weighted by atomic mass is 16.6. The predicted octanol–water partition coefficient (Wildman–Crippen LogP) is -1.51. The van der Waals surface area contributed by atoms with Gasteiger partial charge in [0.05, 0.1) is 0 Å². The Bertz CT molecular complexity index is 246. The zero-order valence-corrected chi connectivity index (χ0v) is 8.23. The fourth-order valence-corrected chi connectivity index (χ4v) is 1.35. The molecule has 1 rings (SSSR count). The number of carbonyl (C=O) groups is 2. The number of carbonyl (C=O) groups excluding carboxylic acids is 1. The molecule has 0 aromatic carbocycles. The molecule has 1 saturated heterocycles. The molecule has 0 aromatic heterocycles. The summed E-state index contributed by atoms with van der Waals surface area (Å²) >= 11 is 0. The summed E-state index contributed by atoms with van der Waals surface area (Å²) in [5, 5.41) is 13.9. The Kier molecular flexibility index (Phi) is 4.32. The lowest BCUT2D eigenvalue weighted by atomic mass is 10.2. The molecule has 1 unspecified atom stereocenters. The summed E-state index contributed by atoms with van der Waals surface area (Å²) in [7, 11) is 0. The van der Waals surface area contributed by atoms with Gasteiger partial charge in [-0.2, -0.15) is 0 Å². The van der Waals surface area contributed by atoms with Crippen molar-refractivity contribution in [3.63, 3.8) is 0 Å². The van der Waals surface area contributed by atoms with Crippen LogP contribution in [0, 0.1) is 0 Å². The summed E-state index contributed by atoms with van der Waals surface area (Å²) in [4.78, 5) is 21.6. The molecule has 86 valence electrons. The zero-order valence-electron chi connectivity index (χ0n) is 8.23. The van der Waals surface area contributed by atoms with Gasteiger partial charge in [-0.05, 0) is 0 Å². The number of alkyl carbamates (subject to hydrolysis) is 1. The van der Waals surface area contributed by atoms with Gasteiger partial charge >= 0.3 is 12.1 Å². The van der Waals surface area contributed by atoms with E-state index in [0.717, 1.165) is 0 Å². The van der Waals surface area contributed by atoms with Crippen molar-refractivity contribution in [1.82, 2.24) is 10.6 Å². The van der Waals surface area contributed by atoms with Crippen LogP contribution in [0.25, 0.3) is 0 Å². The molecular weight excluding hydrogens is 202 g/mol. The van der Waals surface area contributed by atoms with Crippen LogP contribution in [-0.2, 0) is 9.53 Å². The normalized spacial score (nSPS) is 24.9. The number of carboxylic acids is 1. The van der Waals surface area contributed by atoms with Crippen LogP contribution in [0.1, 0.15) is 6.42 Å². The minimum absolute atomic E-state index is 0.297. The molecule has 0 bridgehead atoms. The first-order valence-corrected chi connectivity index (χ1v) is 4.74. The van der Waals surface area contributed by atoms with E-state index in [2.05, 4.69) is 10.6 Å². The van der Waals surface area contributed by atoms with Crippen LogP contribution in [0.4, 0.5) is 4.79 Å². The van der Waals surface area contributed by atoms with Gasteiger partial charge in [-0.3, -0.25) is 4.79 Å². The highest BCUT2D eigenvalue weighted by molar-refractivity contribution is 5.74. The molecule has 2 atom stereocenters. The fourth-order valence-electron chi connectivity index (χ4n) is 1.35. The molecule has 7 heteroatoms. The fraction of sp³-hybridized carbons (Fsp3) is 0.750. The Hall–Kier alpha value is -1.34. The second-order valence-electron chi connectivity index (χ2n) is 3.28. The lowest BCUT2D eigenvalue weighted by Gasteiger charge is -2.11. The quantitative estimate of drug-likeness (QED) is 0.455. The average molecular weight is 217 g/mol. The van der Waals surface area contributed by atoms with Crippen LogP contribution in [0.2, 0.25) is 0 Å². The maximum absolute atomic E-state index is 11.1. The van der Waals surface area contributed by atoms with Crippen molar-refractivity contribution in [2.75, 3.05) is 19.6 Å². The Labute approximate surface area is 87.0 Å². The molecule has 7 nitrogen and oxygen atoms in total. The van der Waals surface area contributed by atoms with Gasteiger partial charge in [0, 0.05) is 26.1 Å². The van der Waals surface area contributed by atoms with E-state index in [-0.39, 0.29) is 6.10 Å². The molecule has 1 heterocycles. The number of rotatable bonds is 4. The molecular formula is C8H15N3O4. The second-order valence-corrected chi connectivity index (χ2v) is 3.28. The Morgan fingerprint density at radius 3 is 2.87 bits per heavy atom. The summed E-state index contributed by atoms with van der Waals surface area (Å²) in [6.45, 7) is 1.06. The van der Waals surface area contributed by atoms with Gasteiger partial charge < -0.3 is 26.2 Å². The largest absolute Gasteiger partial charge is 0.480 e. The van der Waals surface area contributed by atoms with Crippen LogP contribution in [-0.4, -0.2) is 48.9 Å². The monoisotopic (exact) mass is 217 g/mol. The maximum Gasteiger partial charge on any atom is 0.407 e. The summed E-state index contributed by atoms with van der Waals surface area (Å²) < 4.78 is 4.96. The van der Waals surface area contributed by atoms with Gasteiger partial charge in [0.15, 0.2) is 0 Å². The average Bonchev–Trinajstić information content (AvgIpc) is 2.63. The minimum Gasteiger partial charge on any atom is -0.480 e. The third-order valence-electron chi connectivity index (χ3n) is 2.08. The number of ether oxygens (including phenoxy) is 1. The summed E-state index contributed by atoms with van der Waals surface area (Å²) in [5.41, 5.74) is 5.19. The van der Waals surface area contributed by atoms with Crippen LogP contribution in [0.5, 0.6) is 0 Å². The number of hydrogen-bond donors (Lipinski definition) is 4. The molecule has 0 aliphatic carbocycles. The van der Waals surface area contributed by atoms with E-state index in [4.69, 9.17) is 15.6 Å². The number of nitrogens with two attached hydrogens (primary N) is 1. The van der Waals surface area contributed by atoms with Crippen LogP contribution in [0.15, 0.2) is 0 Å². The number of hydrogen-bond acceptors (Lipinski definition) is 5. The number of nitrogens with one attached hydrogen (secondary N) is 2. The van der Waals surface area contributed by atoms with Gasteiger partial charge in [0.1, 0.15) is 12.1 Å². The molecule has 1 aliphatic heterocycles. The standard InChI is InChI=1S/C8H15N3O4/c9-1-2-10-8(14)15-5-3-6(7(12)13)11-4-5/h5-6,11H,1-4,9H2,(H,10,14)(H,12,13)/t5?,6-/m0/s1. The van der Waals surface area contributed by atoms with Crippen molar-refractivity contribution in [2.24, 2.45) is 5.73 Å². The highest BCUT2D eigenvalue weighted by Crippen LogP contribution is 2.10. The third kappa shape index (κ3) is 3.72. The predicted molar refractivity (Wildman–Crippen MR) is 51.4 cm³/mol. The second kappa shape index (κ2) is 5.52. The van der Waals surface area contributed by atoms with Crippen molar-refractivity contribution >= 4 is 12.1 Å². The van der Waals surface area contributed by atoms with E-state index < -0.39 is 18.1 Å². The molecule has 1 aliphatic rings. The first-order valence-electron chi connectivity index (χ1n) is 4.74. The smallest absolute Gasteiger partial charge is 0.407 e. The summed E-state index contributed by atoms with van der Waals surface area (Å²) in [6, 6.07) is -0.627. The molecule has 0 saturated carbocycles. The lowest BCUT2D eigenvalue weighted by molar-refractivity contribution is -0.139. The topological polar surface area (TPSA) is 114 Å². The van der Waals surface area contributed by atoms with Gasteiger partial charge in [0.2, 0.25) is 0 Å². The maximum atomic E-state index is 11.1. The molecule has 15 heavy (non-hydrogen) atoms. The van der Waals surface area contributed by atoms with E-state index in [1.165, 1.54) is 0 Å². The third-order valence-corrected chi connectivity index (χ3v) is 2.08. The molecule has 0 radical (unpaired) electrons. The Morgan fingerprint density at radius 2 is 2.33 bits per heavy atom. The van der Waals surface area contributed by atoms with Crippen molar-refractivity contribution < 1.29 is 19.4 Å². The van der Waals surface area contributed by atoms with Gasteiger partial charge in [-0.1, -0.05) is 0 Å². The summed E-state index contributed by atoms with van der Waals surface area (Å²) in [5.74, 6) is -0.927. The van der Waals surface area contributed by atoms with E-state index in [1.54, 1.807) is 0 Å².